The number of hydrogen-bond donors (Lipinski definition) is 1. The first kappa shape index (κ1) is 19.2. The van der Waals surface area contributed by atoms with Crippen LogP contribution >= 0.6 is 11.8 Å². The Bertz CT molecular complexity index is 1070. The van der Waals surface area contributed by atoms with E-state index in [2.05, 4.69) is 5.32 Å². The van der Waals surface area contributed by atoms with Crippen LogP contribution in [-0.2, 0) is 4.79 Å². The second-order valence-electron chi connectivity index (χ2n) is 6.85. The molecule has 0 aromatic heterocycles. The molecular weight excluding hydrogens is 387 g/mol. The van der Waals surface area contributed by atoms with E-state index < -0.39 is 5.82 Å². The quantitative estimate of drug-likeness (QED) is 0.651. The molecule has 4 nitrogen and oxygen atoms in total. The Morgan fingerprint density at radius 2 is 1.83 bits per heavy atom. The van der Waals surface area contributed by atoms with Crippen LogP contribution in [0, 0.1) is 12.7 Å². The molecule has 4 rings (SSSR count). The van der Waals surface area contributed by atoms with E-state index in [1.165, 1.54) is 18.2 Å². The van der Waals surface area contributed by atoms with E-state index in [-0.39, 0.29) is 22.8 Å². The Morgan fingerprint density at radius 3 is 2.59 bits per heavy atom. The summed E-state index contributed by atoms with van der Waals surface area (Å²) >= 11 is 1.55. The van der Waals surface area contributed by atoms with Crippen molar-refractivity contribution in [1.29, 1.82) is 0 Å². The molecule has 1 aliphatic heterocycles. The van der Waals surface area contributed by atoms with Gasteiger partial charge in [-0.15, -0.1) is 11.8 Å². The molecule has 3 aromatic carbocycles. The molecule has 29 heavy (non-hydrogen) atoms. The summed E-state index contributed by atoms with van der Waals surface area (Å²) in [6.45, 7) is 2.01. The second kappa shape index (κ2) is 8.09. The number of nitrogens with one attached hydrogen (secondary N) is 1. The molecule has 0 radical (unpaired) electrons. The summed E-state index contributed by atoms with van der Waals surface area (Å²) in [5.74, 6) is -0.385. The summed E-state index contributed by atoms with van der Waals surface area (Å²) in [5, 5.41) is 2.63. The average molecular weight is 406 g/mol. The van der Waals surface area contributed by atoms with Gasteiger partial charge in [0, 0.05) is 16.9 Å². The van der Waals surface area contributed by atoms with E-state index in [9.17, 15) is 14.0 Å². The van der Waals surface area contributed by atoms with Gasteiger partial charge in [-0.1, -0.05) is 35.9 Å². The van der Waals surface area contributed by atoms with Gasteiger partial charge in [-0.25, -0.2) is 4.39 Å². The van der Waals surface area contributed by atoms with Gasteiger partial charge < -0.3 is 5.32 Å². The third kappa shape index (κ3) is 4.17. The highest BCUT2D eigenvalue weighted by Gasteiger charge is 2.34. The number of carbonyl (C=O) groups excluding carboxylic acids is 2. The molecule has 0 spiro atoms. The zero-order chi connectivity index (χ0) is 20.4. The number of amides is 2. The highest BCUT2D eigenvalue weighted by atomic mass is 32.2. The monoisotopic (exact) mass is 406 g/mol. The van der Waals surface area contributed by atoms with Gasteiger partial charge in [0.15, 0.2) is 0 Å². The predicted octanol–water partition coefficient (Wildman–Crippen LogP) is 5.17. The van der Waals surface area contributed by atoms with Crippen molar-refractivity contribution >= 4 is 35.0 Å². The van der Waals surface area contributed by atoms with Gasteiger partial charge in [0.1, 0.15) is 11.2 Å². The van der Waals surface area contributed by atoms with E-state index in [1.54, 1.807) is 28.8 Å². The normalized spacial score (nSPS) is 16.1. The van der Waals surface area contributed by atoms with Crippen molar-refractivity contribution in [1.82, 2.24) is 0 Å². The Labute approximate surface area is 172 Å². The first-order valence-corrected chi connectivity index (χ1v) is 10.2. The molecule has 3 aromatic rings. The topological polar surface area (TPSA) is 49.4 Å². The maximum Gasteiger partial charge on any atom is 0.255 e. The van der Waals surface area contributed by atoms with Crippen molar-refractivity contribution in [3.8, 4) is 0 Å². The molecule has 0 aliphatic carbocycles. The first-order valence-electron chi connectivity index (χ1n) is 9.18. The fourth-order valence-corrected chi connectivity index (χ4v) is 4.43. The third-order valence-electron chi connectivity index (χ3n) is 4.70. The number of nitrogens with zero attached hydrogens (tertiary/aromatic N) is 1. The second-order valence-corrected chi connectivity index (χ2v) is 7.92. The van der Waals surface area contributed by atoms with Crippen LogP contribution in [0.3, 0.4) is 0 Å². The largest absolute Gasteiger partial charge is 0.322 e. The fraction of sp³-hybridized carbons (Fsp3) is 0.130. The van der Waals surface area contributed by atoms with Crippen LogP contribution in [0.1, 0.15) is 26.9 Å². The molecule has 1 aliphatic rings. The van der Waals surface area contributed by atoms with Crippen molar-refractivity contribution in [3.63, 3.8) is 0 Å². The minimum absolute atomic E-state index is 0.0538. The summed E-state index contributed by atoms with van der Waals surface area (Å²) in [5.41, 5.74) is 3.75. The van der Waals surface area contributed by atoms with E-state index in [1.807, 2.05) is 49.4 Å². The number of hydrogen-bond acceptors (Lipinski definition) is 3. The lowest BCUT2D eigenvalue weighted by Gasteiger charge is -2.25. The standard InChI is InChI=1S/C23H19FN2O2S/c1-15-8-10-20(11-9-15)26-21(27)14-29-23(26)17-5-3-7-19(13-17)25-22(28)16-4-2-6-18(24)12-16/h2-13,23H,14H2,1H3,(H,25,28)/t23-/m1/s1. The van der Waals surface area contributed by atoms with Crippen LogP contribution in [0.5, 0.6) is 0 Å². The number of anilines is 2. The van der Waals surface area contributed by atoms with Crippen molar-refractivity contribution < 1.29 is 14.0 Å². The van der Waals surface area contributed by atoms with Crippen LogP contribution in [0.25, 0.3) is 0 Å². The van der Waals surface area contributed by atoms with Crippen LogP contribution in [0.15, 0.2) is 72.8 Å². The molecule has 1 N–H and O–H groups in total. The summed E-state index contributed by atoms with van der Waals surface area (Å²) in [7, 11) is 0. The first-order chi connectivity index (χ1) is 14.0. The van der Waals surface area contributed by atoms with Crippen molar-refractivity contribution in [2.45, 2.75) is 12.3 Å². The molecule has 1 atom stereocenters. The summed E-state index contributed by atoms with van der Waals surface area (Å²) < 4.78 is 13.4. The maximum absolute atomic E-state index is 13.4. The Hall–Kier alpha value is -3.12. The van der Waals surface area contributed by atoms with Gasteiger partial charge in [-0.05, 0) is 55.0 Å². The smallest absolute Gasteiger partial charge is 0.255 e. The van der Waals surface area contributed by atoms with Crippen molar-refractivity contribution in [3.05, 3.63) is 95.3 Å². The van der Waals surface area contributed by atoms with Crippen molar-refractivity contribution in [2.75, 3.05) is 16.0 Å². The number of rotatable bonds is 4. The lowest BCUT2D eigenvalue weighted by molar-refractivity contribution is -0.115. The number of benzene rings is 3. The number of aryl methyl sites for hydroxylation is 1. The van der Waals surface area contributed by atoms with Crippen LogP contribution < -0.4 is 10.2 Å². The van der Waals surface area contributed by atoms with Crippen LogP contribution in [0.2, 0.25) is 0 Å². The predicted molar refractivity (Wildman–Crippen MR) is 115 cm³/mol. The molecule has 1 saturated heterocycles. The van der Waals surface area contributed by atoms with E-state index >= 15 is 0 Å². The van der Waals surface area contributed by atoms with E-state index in [0.29, 0.717) is 11.4 Å². The number of carbonyl (C=O) groups is 2. The van der Waals surface area contributed by atoms with E-state index in [4.69, 9.17) is 0 Å². The molecule has 6 heteroatoms. The molecular formula is C23H19FN2O2S. The van der Waals surface area contributed by atoms with Gasteiger partial charge in [-0.3, -0.25) is 14.5 Å². The Kier molecular flexibility index (Phi) is 5.36. The molecule has 0 bridgehead atoms. The molecule has 1 heterocycles. The summed E-state index contributed by atoms with van der Waals surface area (Å²) in [4.78, 5) is 26.7. The SMILES string of the molecule is Cc1ccc(N2C(=O)CS[C@@H]2c2cccc(NC(=O)c3cccc(F)c3)c2)cc1. The Morgan fingerprint density at radius 1 is 1.07 bits per heavy atom. The lowest BCUT2D eigenvalue weighted by atomic mass is 10.1. The molecule has 1 fully saturated rings. The molecule has 0 unspecified atom stereocenters. The van der Waals surface area contributed by atoms with Gasteiger partial charge in [-0.2, -0.15) is 0 Å². The van der Waals surface area contributed by atoms with Crippen LogP contribution in [-0.4, -0.2) is 17.6 Å². The minimum atomic E-state index is -0.457. The zero-order valence-electron chi connectivity index (χ0n) is 15.8. The van der Waals surface area contributed by atoms with Gasteiger partial charge in [0.05, 0.1) is 5.75 Å². The summed E-state index contributed by atoms with van der Waals surface area (Å²) in [6, 6.07) is 20.8. The minimum Gasteiger partial charge on any atom is -0.322 e. The average Bonchev–Trinajstić information content (AvgIpc) is 3.10. The molecule has 146 valence electrons. The molecule has 2 amide bonds. The highest BCUT2D eigenvalue weighted by molar-refractivity contribution is 8.00. The maximum atomic E-state index is 13.4. The fourth-order valence-electron chi connectivity index (χ4n) is 3.26. The zero-order valence-corrected chi connectivity index (χ0v) is 16.6. The van der Waals surface area contributed by atoms with Gasteiger partial charge >= 0.3 is 0 Å². The molecule has 0 saturated carbocycles. The van der Waals surface area contributed by atoms with Crippen molar-refractivity contribution in [2.24, 2.45) is 0 Å². The van der Waals surface area contributed by atoms with Crippen LogP contribution in [0.4, 0.5) is 15.8 Å². The number of thioether (sulfide) groups is 1. The lowest BCUT2D eigenvalue weighted by Crippen LogP contribution is -2.27. The number of halogens is 1. The van der Waals surface area contributed by atoms with Gasteiger partial charge in [0.25, 0.3) is 5.91 Å². The Balaban J connectivity index is 1.58. The highest BCUT2D eigenvalue weighted by Crippen LogP contribution is 2.42. The van der Waals surface area contributed by atoms with Gasteiger partial charge in [0.2, 0.25) is 5.91 Å². The third-order valence-corrected chi connectivity index (χ3v) is 5.91. The van der Waals surface area contributed by atoms with E-state index in [0.717, 1.165) is 16.8 Å². The summed E-state index contributed by atoms with van der Waals surface area (Å²) in [6.07, 6.45) is 0.